The van der Waals surface area contributed by atoms with Crippen LogP contribution in [0.4, 0.5) is 0 Å². The van der Waals surface area contributed by atoms with Crippen LogP contribution in [0.15, 0.2) is 24.4 Å². The maximum atomic E-state index is 4.39. The second kappa shape index (κ2) is 6.86. The van der Waals surface area contributed by atoms with Crippen LogP contribution in [0.3, 0.4) is 0 Å². The average Bonchev–Trinajstić information content (AvgIpc) is 2.45. The first-order valence-electron chi connectivity index (χ1n) is 7.15. The molecule has 18 heavy (non-hydrogen) atoms. The Morgan fingerprint density at radius 2 is 2.39 bits per heavy atom. The van der Waals surface area contributed by atoms with Gasteiger partial charge in [0, 0.05) is 50.5 Å². The molecule has 0 radical (unpaired) electrons. The van der Waals surface area contributed by atoms with Crippen molar-refractivity contribution in [2.45, 2.75) is 32.7 Å². The Morgan fingerprint density at radius 1 is 1.50 bits per heavy atom. The van der Waals surface area contributed by atoms with Crippen LogP contribution in [0.25, 0.3) is 0 Å². The van der Waals surface area contributed by atoms with E-state index in [0.717, 1.165) is 25.4 Å². The molecular formula is C15H25N3. The molecule has 1 aromatic heterocycles. The first-order chi connectivity index (χ1) is 8.79. The quantitative estimate of drug-likeness (QED) is 0.862. The zero-order valence-corrected chi connectivity index (χ0v) is 11.6. The molecule has 0 amide bonds. The van der Waals surface area contributed by atoms with Crippen molar-refractivity contribution in [1.29, 1.82) is 0 Å². The normalized spacial score (nSPS) is 22.9. The molecule has 100 valence electrons. The Labute approximate surface area is 111 Å². The summed E-state index contributed by atoms with van der Waals surface area (Å²) in [7, 11) is 0. The molecule has 2 rings (SSSR count). The molecule has 1 aromatic rings. The van der Waals surface area contributed by atoms with Crippen LogP contribution >= 0.6 is 0 Å². The lowest BCUT2D eigenvalue weighted by Gasteiger charge is -2.36. The Hall–Kier alpha value is -0.930. The summed E-state index contributed by atoms with van der Waals surface area (Å²) < 4.78 is 0. The highest BCUT2D eigenvalue weighted by atomic mass is 15.2. The number of hydrogen-bond acceptors (Lipinski definition) is 3. The zero-order chi connectivity index (χ0) is 12.8. The van der Waals surface area contributed by atoms with E-state index in [1.165, 1.54) is 25.2 Å². The molecule has 0 spiro atoms. The van der Waals surface area contributed by atoms with Crippen molar-refractivity contribution in [3.8, 4) is 0 Å². The Balaban J connectivity index is 1.79. The SMILES string of the molecule is CCC(C)C1CN(CCc2ccccn2)CCN1. The molecule has 2 heterocycles. The second-order valence-electron chi connectivity index (χ2n) is 5.32. The van der Waals surface area contributed by atoms with E-state index in [4.69, 9.17) is 0 Å². The number of aromatic nitrogens is 1. The van der Waals surface area contributed by atoms with Gasteiger partial charge in [0.2, 0.25) is 0 Å². The number of piperazine rings is 1. The van der Waals surface area contributed by atoms with E-state index in [-0.39, 0.29) is 0 Å². The van der Waals surface area contributed by atoms with Crippen LogP contribution in [0.2, 0.25) is 0 Å². The molecule has 1 aliphatic heterocycles. The molecule has 0 bridgehead atoms. The van der Waals surface area contributed by atoms with Gasteiger partial charge in [-0.1, -0.05) is 26.3 Å². The highest BCUT2D eigenvalue weighted by molar-refractivity contribution is 5.03. The number of nitrogens with one attached hydrogen (secondary N) is 1. The van der Waals surface area contributed by atoms with Gasteiger partial charge in [-0.3, -0.25) is 4.98 Å². The van der Waals surface area contributed by atoms with Gasteiger partial charge in [-0.05, 0) is 18.1 Å². The molecule has 1 saturated heterocycles. The summed E-state index contributed by atoms with van der Waals surface area (Å²) in [6.45, 7) is 9.23. The summed E-state index contributed by atoms with van der Waals surface area (Å²) in [5.41, 5.74) is 1.20. The maximum absolute atomic E-state index is 4.39. The van der Waals surface area contributed by atoms with Crippen molar-refractivity contribution in [2.24, 2.45) is 5.92 Å². The first kappa shape index (κ1) is 13.5. The van der Waals surface area contributed by atoms with Crippen LogP contribution < -0.4 is 5.32 Å². The second-order valence-corrected chi connectivity index (χ2v) is 5.32. The van der Waals surface area contributed by atoms with Crippen molar-refractivity contribution in [3.05, 3.63) is 30.1 Å². The molecule has 3 heteroatoms. The van der Waals surface area contributed by atoms with Gasteiger partial charge < -0.3 is 10.2 Å². The topological polar surface area (TPSA) is 28.2 Å². The first-order valence-corrected chi connectivity index (χ1v) is 7.15. The van der Waals surface area contributed by atoms with Gasteiger partial charge >= 0.3 is 0 Å². The molecule has 2 unspecified atom stereocenters. The standard InChI is InChI=1S/C15H25N3/c1-3-13(2)15-12-18(11-9-17-15)10-7-14-6-4-5-8-16-14/h4-6,8,13,15,17H,3,7,9-12H2,1-2H3. The summed E-state index contributed by atoms with van der Waals surface area (Å²) in [6, 6.07) is 6.83. The van der Waals surface area contributed by atoms with E-state index in [1.807, 2.05) is 12.3 Å². The molecule has 0 aliphatic carbocycles. The Morgan fingerprint density at radius 3 is 3.11 bits per heavy atom. The van der Waals surface area contributed by atoms with Gasteiger partial charge in [-0.25, -0.2) is 0 Å². The van der Waals surface area contributed by atoms with Crippen LogP contribution in [-0.4, -0.2) is 42.1 Å². The van der Waals surface area contributed by atoms with Gasteiger partial charge in [-0.15, -0.1) is 0 Å². The van der Waals surface area contributed by atoms with Crippen LogP contribution in [0.1, 0.15) is 26.0 Å². The predicted octanol–water partition coefficient (Wildman–Crippen LogP) is 1.94. The fourth-order valence-electron chi connectivity index (χ4n) is 2.53. The number of pyridine rings is 1. The minimum Gasteiger partial charge on any atom is -0.311 e. The Bertz CT molecular complexity index is 339. The summed E-state index contributed by atoms with van der Waals surface area (Å²) in [5, 5.41) is 3.64. The lowest BCUT2D eigenvalue weighted by molar-refractivity contribution is 0.170. The minimum atomic E-state index is 0.660. The number of nitrogens with zero attached hydrogens (tertiary/aromatic N) is 2. The highest BCUT2D eigenvalue weighted by Gasteiger charge is 2.22. The third-order valence-corrected chi connectivity index (χ3v) is 4.03. The van der Waals surface area contributed by atoms with E-state index in [1.54, 1.807) is 0 Å². The molecule has 0 saturated carbocycles. The van der Waals surface area contributed by atoms with Gasteiger partial charge in [0.25, 0.3) is 0 Å². The third-order valence-electron chi connectivity index (χ3n) is 4.03. The van der Waals surface area contributed by atoms with E-state index in [2.05, 4.69) is 41.2 Å². The number of hydrogen-bond donors (Lipinski definition) is 1. The summed E-state index contributed by atoms with van der Waals surface area (Å²) in [4.78, 5) is 6.96. The van der Waals surface area contributed by atoms with Crippen LogP contribution in [0.5, 0.6) is 0 Å². The molecule has 3 nitrogen and oxygen atoms in total. The van der Waals surface area contributed by atoms with E-state index in [0.29, 0.717) is 6.04 Å². The van der Waals surface area contributed by atoms with Crippen LogP contribution in [0, 0.1) is 5.92 Å². The molecule has 1 fully saturated rings. The molecule has 0 aromatic carbocycles. The summed E-state index contributed by atoms with van der Waals surface area (Å²) in [5.74, 6) is 0.766. The van der Waals surface area contributed by atoms with Gasteiger partial charge in [0.15, 0.2) is 0 Å². The summed E-state index contributed by atoms with van der Waals surface area (Å²) in [6.07, 6.45) is 4.20. The van der Waals surface area contributed by atoms with E-state index in [9.17, 15) is 0 Å². The van der Waals surface area contributed by atoms with E-state index >= 15 is 0 Å². The van der Waals surface area contributed by atoms with Gasteiger partial charge in [-0.2, -0.15) is 0 Å². The largest absolute Gasteiger partial charge is 0.311 e. The smallest absolute Gasteiger partial charge is 0.0416 e. The molecule has 1 N–H and O–H groups in total. The van der Waals surface area contributed by atoms with Crippen molar-refractivity contribution in [3.63, 3.8) is 0 Å². The van der Waals surface area contributed by atoms with Crippen molar-refractivity contribution in [1.82, 2.24) is 15.2 Å². The lowest BCUT2D eigenvalue weighted by atomic mass is 9.97. The van der Waals surface area contributed by atoms with Crippen molar-refractivity contribution >= 4 is 0 Å². The molecule has 1 aliphatic rings. The Kier molecular flexibility index (Phi) is 5.14. The fourth-order valence-corrected chi connectivity index (χ4v) is 2.53. The minimum absolute atomic E-state index is 0.660. The van der Waals surface area contributed by atoms with Gasteiger partial charge in [0.1, 0.15) is 0 Å². The average molecular weight is 247 g/mol. The van der Waals surface area contributed by atoms with Crippen molar-refractivity contribution < 1.29 is 0 Å². The number of rotatable bonds is 5. The third kappa shape index (κ3) is 3.79. The summed E-state index contributed by atoms with van der Waals surface area (Å²) >= 11 is 0. The van der Waals surface area contributed by atoms with E-state index < -0.39 is 0 Å². The lowest BCUT2D eigenvalue weighted by Crippen LogP contribution is -2.53. The maximum Gasteiger partial charge on any atom is 0.0416 e. The fraction of sp³-hybridized carbons (Fsp3) is 0.667. The van der Waals surface area contributed by atoms with Gasteiger partial charge in [0.05, 0.1) is 0 Å². The molecular weight excluding hydrogens is 222 g/mol. The highest BCUT2D eigenvalue weighted by Crippen LogP contribution is 2.12. The monoisotopic (exact) mass is 247 g/mol. The zero-order valence-electron chi connectivity index (χ0n) is 11.6. The predicted molar refractivity (Wildman–Crippen MR) is 75.6 cm³/mol. The molecule has 2 atom stereocenters. The van der Waals surface area contributed by atoms with Crippen LogP contribution in [-0.2, 0) is 6.42 Å². The van der Waals surface area contributed by atoms with Crippen molar-refractivity contribution in [2.75, 3.05) is 26.2 Å².